The maximum Gasteiger partial charge on any atom is 0.257 e. The van der Waals surface area contributed by atoms with Gasteiger partial charge in [0.05, 0.1) is 24.7 Å². The molecule has 0 fully saturated rings. The number of ether oxygens (including phenoxy) is 2. The molecule has 3 heterocycles. The Bertz CT molecular complexity index is 1160. The van der Waals surface area contributed by atoms with Crippen molar-refractivity contribution in [3.8, 4) is 11.5 Å². The SMILES string of the molecule is O=C(NCc1cccc2c1OCCCO2)c1ccc2c(c1)SC1=NS(=O)(=O)CCN12. The summed E-state index contributed by atoms with van der Waals surface area (Å²) < 4.78 is 38.8. The van der Waals surface area contributed by atoms with E-state index >= 15 is 0 Å². The first-order valence-electron chi connectivity index (χ1n) is 9.58. The lowest BCUT2D eigenvalue weighted by Crippen LogP contribution is -2.35. The predicted molar refractivity (Wildman–Crippen MR) is 114 cm³/mol. The van der Waals surface area contributed by atoms with Crippen LogP contribution >= 0.6 is 11.8 Å². The second-order valence-electron chi connectivity index (χ2n) is 7.07. The van der Waals surface area contributed by atoms with Gasteiger partial charge in [0.1, 0.15) is 0 Å². The minimum absolute atomic E-state index is 0.00802. The van der Waals surface area contributed by atoms with Crippen molar-refractivity contribution in [3.63, 3.8) is 0 Å². The van der Waals surface area contributed by atoms with Crippen LogP contribution < -0.4 is 19.7 Å². The third kappa shape index (κ3) is 3.61. The van der Waals surface area contributed by atoms with E-state index in [1.54, 1.807) is 12.1 Å². The molecule has 2 aromatic carbocycles. The van der Waals surface area contributed by atoms with Crippen LogP contribution in [-0.4, -0.2) is 45.0 Å². The standard InChI is InChI=1S/C20H19N3O5S2/c24-19(21-12-14-3-1-4-16-18(14)28-9-2-8-27-16)13-5-6-15-17(11-13)29-20-22-30(25,26)10-7-23(15)20/h1,3-6,11H,2,7-10,12H2,(H,21,24). The molecule has 0 saturated carbocycles. The first kappa shape index (κ1) is 19.3. The highest BCUT2D eigenvalue weighted by molar-refractivity contribution is 8.15. The Morgan fingerprint density at radius 2 is 2.07 bits per heavy atom. The second kappa shape index (κ2) is 7.51. The lowest BCUT2D eigenvalue weighted by atomic mass is 10.1. The summed E-state index contributed by atoms with van der Waals surface area (Å²) in [5.41, 5.74) is 2.24. The molecular weight excluding hydrogens is 426 g/mol. The normalized spacial score (nSPS) is 18.7. The van der Waals surface area contributed by atoms with Crippen LogP contribution in [0.2, 0.25) is 0 Å². The number of rotatable bonds is 3. The number of carbonyl (C=O) groups is 1. The fraction of sp³-hybridized carbons (Fsp3) is 0.300. The summed E-state index contributed by atoms with van der Waals surface area (Å²) in [7, 11) is -3.41. The van der Waals surface area contributed by atoms with E-state index in [1.807, 2.05) is 29.2 Å². The zero-order valence-corrected chi connectivity index (χ0v) is 17.6. The van der Waals surface area contributed by atoms with Gasteiger partial charge >= 0.3 is 0 Å². The first-order valence-corrected chi connectivity index (χ1v) is 12.0. The molecule has 0 spiro atoms. The lowest BCUT2D eigenvalue weighted by Gasteiger charge is -2.22. The van der Waals surface area contributed by atoms with Gasteiger partial charge in [-0.15, -0.1) is 4.40 Å². The van der Waals surface area contributed by atoms with Crippen molar-refractivity contribution in [2.45, 2.75) is 17.9 Å². The number of hydrogen-bond donors (Lipinski definition) is 1. The van der Waals surface area contributed by atoms with Gasteiger partial charge in [-0.25, -0.2) is 8.42 Å². The number of sulfonamides is 1. The number of hydrogen-bond acceptors (Lipinski definition) is 7. The van der Waals surface area contributed by atoms with E-state index in [2.05, 4.69) is 9.71 Å². The molecule has 8 nitrogen and oxygen atoms in total. The molecule has 0 unspecified atom stereocenters. The number of para-hydroxylation sites is 1. The van der Waals surface area contributed by atoms with Crippen LogP contribution in [0.3, 0.4) is 0 Å². The third-order valence-corrected chi connectivity index (χ3v) is 7.33. The summed E-state index contributed by atoms with van der Waals surface area (Å²) >= 11 is 1.27. The Morgan fingerprint density at radius 3 is 2.97 bits per heavy atom. The zero-order chi connectivity index (χ0) is 20.7. The maximum absolute atomic E-state index is 12.7. The molecule has 156 valence electrons. The molecule has 0 atom stereocenters. The summed E-state index contributed by atoms with van der Waals surface area (Å²) in [6.07, 6.45) is 0.816. The fourth-order valence-corrected chi connectivity index (χ4v) is 5.84. The number of nitrogens with one attached hydrogen (secondary N) is 1. The van der Waals surface area contributed by atoms with Crippen molar-refractivity contribution in [2.75, 3.05) is 30.4 Å². The smallest absolute Gasteiger partial charge is 0.257 e. The summed E-state index contributed by atoms with van der Waals surface area (Å²) in [6, 6.07) is 11.0. The van der Waals surface area contributed by atoms with Crippen molar-refractivity contribution >= 4 is 38.5 Å². The van der Waals surface area contributed by atoms with Crippen molar-refractivity contribution in [2.24, 2.45) is 4.40 Å². The van der Waals surface area contributed by atoms with Gasteiger partial charge in [0.2, 0.25) is 0 Å². The minimum atomic E-state index is -3.41. The molecule has 2 aromatic rings. The topological polar surface area (TPSA) is 97.3 Å². The number of fused-ring (bicyclic) bond motifs is 4. The summed E-state index contributed by atoms with van der Waals surface area (Å²) in [4.78, 5) is 15.4. The highest BCUT2D eigenvalue weighted by atomic mass is 32.2. The highest BCUT2D eigenvalue weighted by Gasteiger charge is 2.33. The zero-order valence-electron chi connectivity index (χ0n) is 16.0. The van der Waals surface area contributed by atoms with Gasteiger partial charge in [0.25, 0.3) is 15.9 Å². The van der Waals surface area contributed by atoms with E-state index < -0.39 is 10.0 Å². The predicted octanol–water partition coefficient (Wildman–Crippen LogP) is 2.39. The molecule has 3 aliphatic heterocycles. The number of amides is 1. The summed E-state index contributed by atoms with van der Waals surface area (Å²) in [5.74, 6) is 1.15. The molecule has 0 aromatic heterocycles. The van der Waals surface area contributed by atoms with E-state index in [9.17, 15) is 13.2 Å². The van der Waals surface area contributed by atoms with Crippen LogP contribution in [-0.2, 0) is 16.6 Å². The number of anilines is 1. The molecule has 0 saturated heterocycles. The van der Waals surface area contributed by atoms with Gasteiger partial charge in [0.15, 0.2) is 16.7 Å². The number of carbonyl (C=O) groups excluding carboxylic acids is 1. The van der Waals surface area contributed by atoms with E-state index in [1.165, 1.54) is 11.8 Å². The summed E-state index contributed by atoms with van der Waals surface area (Å²) in [6.45, 7) is 1.87. The van der Waals surface area contributed by atoms with Crippen LogP contribution in [0, 0.1) is 0 Å². The van der Waals surface area contributed by atoms with Gasteiger partial charge in [-0.1, -0.05) is 12.1 Å². The molecule has 1 N–H and O–H groups in total. The quantitative estimate of drug-likeness (QED) is 0.775. The largest absolute Gasteiger partial charge is 0.490 e. The van der Waals surface area contributed by atoms with Crippen molar-refractivity contribution in [1.29, 1.82) is 0 Å². The Morgan fingerprint density at radius 1 is 1.20 bits per heavy atom. The fourth-order valence-electron chi connectivity index (χ4n) is 3.54. The van der Waals surface area contributed by atoms with Crippen LogP contribution in [0.1, 0.15) is 22.3 Å². The third-order valence-electron chi connectivity index (χ3n) is 5.03. The van der Waals surface area contributed by atoms with E-state index in [4.69, 9.17) is 9.47 Å². The van der Waals surface area contributed by atoms with E-state index in [0.29, 0.717) is 48.5 Å². The van der Waals surface area contributed by atoms with Crippen LogP contribution in [0.4, 0.5) is 5.69 Å². The summed E-state index contributed by atoms with van der Waals surface area (Å²) in [5, 5.41) is 3.37. The number of amidine groups is 1. The molecule has 3 aliphatic rings. The average molecular weight is 446 g/mol. The Balaban J connectivity index is 1.32. The number of benzene rings is 2. The van der Waals surface area contributed by atoms with Crippen LogP contribution in [0.25, 0.3) is 0 Å². The maximum atomic E-state index is 12.7. The minimum Gasteiger partial charge on any atom is -0.490 e. The monoisotopic (exact) mass is 445 g/mol. The van der Waals surface area contributed by atoms with E-state index in [0.717, 1.165) is 22.6 Å². The Labute approximate surface area is 178 Å². The molecule has 0 aliphatic carbocycles. The Hall–Kier alpha value is -2.72. The van der Waals surface area contributed by atoms with Gasteiger partial charge in [0, 0.05) is 35.5 Å². The molecule has 10 heteroatoms. The van der Waals surface area contributed by atoms with Gasteiger partial charge in [-0.05, 0) is 36.0 Å². The average Bonchev–Trinajstić information content (AvgIpc) is 2.90. The number of thioether (sulfide) groups is 1. The molecule has 0 radical (unpaired) electrons. The van der Waals surface area contributed by atoms with Gasteiger partial charge in [-0.3, -0.25) is 4.79 Å². The molecule has 1 amide bonds. The molecule has 0 bridgehead atoms. The first-order chi connectivity index (χ1) is 14.5. The second-order valence-corrected chi connectivity index (χ2v) is 9.84. The van der Waals surface area contributed by atoms with E-state index in [-0.39, 0.29) is 11.7 Å². The molecule has 5 rings (SSSR count). The van der Waals surface area contributed by atoms with Gasteiger partial charge in [-0.2, -0.15) is 0 Å². The van der Waals surface area contributed by atoms with Crippen molar-refractivity contribution in [1.82, 2.24) is 5.32 Å². The highest BCUT2D eigenvalue weighted by Crippen LogP contribution is 2.42. The van der Waals surface area contributed by atoms with Crippen molar-refractivity contribution < 1.29 is 22.7 Å². The van der Waals surface area contributed by atoms with Crippen LogP contribution in [0.5, 0.6) is 11.5 Å². The number of nitrogens with zero attached hydrogens (tertiary/aromatic N) is 2. The molecule has 30 heavy (non-hydrogen) atoms. The lowest BCUT2D eigenvalue weighted by molar-refractivity contribution is 0.0950. The Kier molecular flexibility index (Phi) is 4.82. The van der Waals surface area contributed by atoms with Crippen molar-refractivity contribution in [3.05, 3.63) is 47.5 Å². The van der Waals surface area contributed by atoms with Crippen LogP contribution in [0.15, 0.2) is 45.7 Å². The molecular formula is C20H19N3O5S2. The van der Waals surface area contributed by atoms with Gasteiger partial charge < -0.3 is 19.7 Å².